The van der Waals surface area contributed by atoms with E-state index in [2.05, 4.69) is 15.3 Å². The molecule has 168 valence electrons. The Kier molecular flexibility index (Phi) is 5.77. The van der Waals surface area contributed by atoms with Crippen LogP contribution in [-0.2, 0) is 15.6 Å². The van der Waals surface area contributed by atoms with Crippen LogP contribution in [-0.4, -0.2) is 18.4 Å². The summed E-state index contributed by atoms with van der Waals surface area (Å²) in [7, 11) is -3.56. The van der Waals surface area contributed by atoms with Crippen molar-refractivity contribution in [3.8, 4) is 11.1 Å². The lowest BCUT2D eigenvalue weighted by molar-refractivity contribution is 0.594. The zero-order valence-electron chi connectivity index (χ0n) is 18.0. The Balaban J connectivity index is 1.41. The second-order valence-electron chi connectivity index (χ2n) is 7.86. The number of sulfone groups is 1. The van der Waals surface area contributed by atoms with Gasteiger partial charge in [0, 0.05) is 11.1 Å². The fraction of sp³-hybridized carbons (Fsp3) is 0.0370. The summed E-state index contributed by atoms with van der Waals surface area (Å²) in [6.07, 6.45) is 1.53. The number of hydrogen-bond donors (Lipinski definition) is 1. The van der Waals surface area contributed by atoms with Crippen LogP contribution in [0.15, 0.2) is 108 Å². The number of para-hydroxylation sites is 1. The lowest BCUT2D eigenvalue weighted by Crippen LogP contribution is -2.05. The van der Waals surface area contributed by atoms with Crippen LogP contribution in [0.1, 0.15) is 5.56 Å². The summed E-state index contributed by atoms with van der Waals surface area (Å²) >= 11 is 0. The maximum atomic E-state index is 13.1. The molecular formula is C27H20FN3O2S. The molecule has 0 bridgehead atoms. The minimum atomic E-state index is -3.56. The van der Waals surface area contributed by atoms with Crippen molar-refractivity contribution in [3.05, 3.63) is 115 Å². The summed E-state index contributed by atoms with van der Waals surface area (Å²) in [5.41, 5.74) is 4.31. The Morgan fingerprint density at radius 1 is 0.765 bits per heavy atom. The Bertz CT molecular complexity index is 1550. The predicted octanol–water partition coefficient (Wildman–Crippen LogP) is 6.15. The van der Waals surface area contributed by atoms with Gasteiger partial charge < -0.3 is 5.32 Å². The highest BCUT2D eigenvalue weighted by Gasteiger charge is 2.15. The first-order chi connectivity index (χ1) is 16.5. The molecule has 0 fully saturated rings. The van der Waals surface area contributed by atoms with E-state index in [1.54, 1.807) is 12.1 Å². The lowest BCUT2D eigenvalue weighted by atomic mass is 10.0. The van der Waals surface area contributed by atoms with Gasteiger partial charge in [-0.2, -0.15) is 0 Å². The first kappa shape index (κ1) is 21.7. The molecule has 0 atom stereocenters. The van der Waals surface area contributed by atoms with Gasteiger partial charge in [-0.15, -0.1) is 0 Å². The largest absolute Gasteiger partial charge is 0.340 e. The third-order valence-corrected chi connectivity index (χ3v) is 7.19. The molecule has 34 heavy (non-hydrogen) atoms. The van der Waals surface area contributed by atoms with Crippen LogP contribution in [0.2, 0.25) is 0 Å². The number of benzene rings is 4. The van der Waals surface area contributed by atoms with Crippen molar-refractivity contribution < 1.29 is 12.8 Å². The van der Waals surface area contributed by atoms with Gasteiger partial charge in [-0.25, -0.2) is 22.8 Å². The van der Waals surface area contributed by atoms with E-state index in [1.165, 1.54) is 18.5 Å². The summed E-state index contributed by atoms with van der Waals surface area (Å²) in [5, 5.41) is 4.22. The maximum absolute atomic E-state index is 13.1. The van der Waals surface area contributed by atoms with E-state index in [0.29, 0.717) is 11.4 Å². The fourth-order valence-corrected chi connectivity index (χ4v) is 5.08. The zero-order chi connectivity index (χ0) is 23.5. The van der Waals surface area contributed by atoms with Crippen molar-refractivity contribution in [2.45, 2.75) is 10.6 Å². The average Bonchev–Trinajstić information content (AvgIpc) is 2.85. The van der Waals surface area contributed by atoms with Crippen molar-refractivity contribution in [1.82, 2.24) is 9.97 Å². The molecule has 1 aromatic heterocycles. The van der Waals surface area contributed by atoms with Gasteiger partial charge in [-0.1, -0.05) is 48.5 Å². The Morgan fingerprint density at radius 3 is 2.21 bits per heavy atom. The maximum Gasteiger partial charge on any atom is 0.182 e. The number of hydrogen-bond acceptors (Lipinski definition) is 5. The topological polar surface area (TPSA) is 72.0 Å². The minimum Gasteiger partial charge on any atom is -0.340 e. The quantitative estimate of drug-likeness (QED) is 0.302. The molecule has 0 amide bonds. The monoisotopic (exact) mass is 469 g/mol. The smallest absolute Gasteiger partial charge is 0.182 e. The first-order valence-electron chi connectivity index (χ1n) is 10.6. The molecule has 5 aromatic rings. The average molecular weight is 470 g/mol. The summed E-state index contributed by atoms with van der Waals surface area (Å²) in [5.74, 6) is 0.0848. The standard InChI is InChI=1S/C27H20FN3O2S/c28-22-11-13-24(14-12-22)34(32,33)17-19-6-8-20(9-7-19)21-10-15-26-25(16-21)27(30-18-29-26)31-23-4-2-1-3-5-23/h1-16,18H,17H2,(H,29,30,31). The molecule has 5 rings (SSSR count). The third-order valence-electron chi connectivity index (χ3n) is 5.49. The number of nitrogens with one attached hydrogen (secondary N) is 1. The number of halogens is 1. The Labute approximate surface area is 196 Å². The second-order valence-corrected chi connectivity index (χ2v) is 9.84. The molecule has 5 nitrogen and oxygen atoms in total. The van der Waals surface area contributed by atoms with E-state index >= 15 is 0 Å². The summed E-state index contributed by atoms with van der Waals surface area (Å²) < 4.78 is 38.4. The molecule has 1 heterocycles. The molecular weight excluding hydrogens is 449 g/mol. The molecule has 0 saturated heterocycles. The van der Waals surface area contributed by atoms with Crippen LogP contribution < -0.4 is 5.32 Å². The zero-order valence-corrected chi connectivity index (χ0v) is 18.8. The molecule has 0 radical (unpaired) electrons. The van der Waals surface area contributed by atoms with Gasteiger partial charge in [0.25, 0.3) is 0 Å². The number of nitrogens with zero attached hydrogens (tertiary/aromatic N) is 2. The van der Waals surface area contributed by atoms with Crippen molar-refractivity contribution in [2.24, 2.45) is 0 Å². The fourth-order valence-electron chi connectivity index (χ4n) is 3.73. The SMILES string of the molecule is O=S(=O)(Cc1ccc(-c2ccc3ncnc(Nc4ccccc4)c3c2)cc1)c1ccc(F)cc1. The summed E-state index contributed by atoms with van der Waals surface area (Å²) in [4.78, 5) is 8.88. The molecule has 4 aromatic carbocycles. The molecule has 0 aliphatic carbocycles. The van der Waals surface area contributed by atoms with E-state index in [9.17, 15) is 12.8 Å². The molecule has 7 heteroatoms. The van der Waals surface area contributed by atoms with Crippen LogP contribution in [0.5, 0.6) is 0 Å². The van der Waals surface area contributed by atoms with Crippen molar-refractivity contribution in [2.75, 3.05) is 5.32 Å². The normalized spacial score (nSPS) is 11.4. The van der Waals surface area contributed by atoms with Gasteiger partial charge in [0.05, 0.1) is 16.2 Å². The highest BCUT2D eigenvalue weighted by atomic mass is 32.2. The van der Waals surface area contributed by atoms with E-state index in [4.69, 9.17) is 0 Å². The van der Waals surface area contributed by atoms with Crippen molar-refractivity contribution in [1.29, 1.82) is 0 Å². The van der Waals surface area contributed by atoms with Crippen LogP contribution in [0.4, 0.5) is 15.9 Å². The Hall–Kier alpha value is -4.10. The molecule has 0 saturated carbocycles. The summed E-state index contributed by atoms with van der Waals surface area (Å²) in [6, 6.07) is 28.0. The van der Waals surface area contributed by atoms with E-state index in [-0.39, 0.29) is 10.6 Å². The van der Waals surface area contributed by atoms with Crippen LogP contribution >= 0.6 is 0 Å². The van der Waals surface area contributed by atoms with Crippen molar-refractivity contribution in [3.63, 3.8) is 0 Å². The number of anilines is 2. The van der Waals surface area contributed by atoms with Gasteiger partial charge in [-0.3, -0.25) is 0 Å². The van der Waals surface area contributed by atoms with Gasteiger partial charge in [0.1, 0.15) is 18.0 Å². The van der Waals surface area contributed by atoms with E-state index in [1.807, 2.05) is 60.7 Å². The first-order valence-corrected chi connectivity index (χ1v) is 12.3. The number of rotatable bonds is 6. The predicted molar refractivity (Wildman–Crippen MR) is 132 cm³/mol. The van der Waals surface area contributed by atoms with E-state index < -0.39 is 15.7 Å². The minimum absolute atomic E-state index is 0.103. The van der Waals surface area contributed by atoms with Gasteiger partial charge in [-0.05, 0) is 65.2 Å². The number of aromatic nitrogens is 2. The molecule has 1 N–H and O–H groups in total. The summed E-state index contributed by atoms with van der Waals surface area (Å²) in [6.45, 7) is 0. The van der Waals surface area contributed by atoms with Crippen molar-refractivity contribution >= 4 is 32.2 Å². The van der Waals surface area contributed by atoms with Crippen LogP contribution in [0.3, 0.4) is 0 Å². The second kappa shape index (κ2) is 9.03. The van der Waals surface area contributed by atoms with Crippen LogP contribution in [0.25, 0.3) is 22.0 Å². The molecule has 0 aliphatic rings. The van der Waals surface area contributed by atoms with Gasteiger partial charge in [0.15, 0.2) is 9.84 Å². The Morgan fingerprint density at radius 2 is 1.47 bits per heavy atom. The molecule has 0 aliphatic heterocycles. The van der Waals surface area contributed by atoms with E-state index in [0.717, 1.165) is 39.8 Å². The molecule has 0 spiro atoms. The van der Waals surface area contributed by atoms with Gasteiger partial charge in [0.2, 0.25) is 0 Å². The highest BCUT2D eigenvalue weighted by Crippen LogP contribution is 2.29. The highest BCUT2D eigenvalue weighted by molar-refractivity contribution is 7.90. The number of fused-ring (bicyclic) bond motifs is 1. The van der Waals surface area contributed by atoms with Gasteiger partial charge >= 0.3 is 0 Å². The lowest BCUT2D eigenvalue weighted by Gasteiger charge is -2.10. The van der Waals surface area contributed by atoms with Crippen LogP contribution in [0, 0.1) is 5.82 Å². The third kappa shape index (κ3) is 4.65. The molecule has 0 unspecified atom stereocenters.